The van der Waals surface area contributed by atoms with Gasteiger partial charge in [0, 0.05) is 12.7 Å². The van der Waals surface area contributed by atoms with Gasteiger partial charge in [0.25, 0.3) is 0 Å². The summed E-state index contributed by atoms with van der Waals surface area (Å²) < 4.78 is 1.73. The van der Waals surface area contributed by atoms with Crippen LogP contribution in [0.2, 0.25) is 0 Å². The molecule has 6 nitrogen and oxygen atoms in total. The Balaban J connectivity index is 2.10. The number of hydrogen-bond acceptors (Lipinski definition) is 5. The molecule has 1 amide bonds. The lowest BCUT2D eigenvalue weighted by Gasteiger charge is -2.08. The van der Waals surface area contributed by atoms with Crippen molar-refractivity contribution in [2.24, 2.45) is 7.05 Å². The Bertz CT molecular complexity index is 804. The van der Waals surface area contributed by atoms with Crippen LogP contribution in [0.1, 0.15) is 28.2 Å². The lowest BCUT2D eigenvalue weighted by atomic mass is 10.1. The molecule has 1 N–H and O–H groups in total. The van der Waals surface area contributed by atoms with E-state index >= 15 is 0 Å². The molecule has 0 aliphatic heterocycles. The fourth-order valence-electron chi connectivity index (χ4n) is 2.31. The molecule has 7 heteroatoms. The van der Waals surface area contributed by atoms with Crippen LogP contribution < -0.4 is 5.32 Å². The largest absolute Gasteiger partial charge is 0.322 e. The molecule has 0 fully saturated rings. The van der Waals surface area contributed by atoms with Crippen LogP contribution in [-0.4, -0.2) is 26.4 Å². The maximum atomic E-state index is 12.2. The van der Waals surface area contributed by atoms with Gasteiger partial charge in [0.05, 0.1) is 28.4 Å². The Kier molecular flexibility index (Phi) is 5.06. The van der Waals surface area contributed by atoms with Crippen LogP contribution in [0, 0.1) is 39.0 Å². The summed E-state index contributed by atoms with van der Waals surface area (Å²) in [5, 5.41) is 17.0. The Morgan fingerprint density at radius 1 is 1.39 bits per heavy atom. The molecule has 23 heavy (non-hydrogen) atoms. The lowest BCUT2D eigenvalue weighted by molar-refractivity contribution is -0.113. The number of thioether (sulfide) groups is 1. The number of rotatable bonds is 4. The fourth-order valence-corrected chi connectivity index (χ4v) is 3.21. The predicted molar refractivity (Wildman–Crippen MR) is 90.5 cm³/mol. The van der Waals surface area contributed by atoms with Crippen LogP contribution in [0.4, 0.5) is 5.69 Å². The Hall–Kier alpha value is -2.33. The van der Waals surface area contributed by atoms with Crippen molar-refractivity contribution >= 4 is 23.4 Å². The van der Waals surface area contributed by atoms with Crippen LogP contribution in [0.15, 0.2) is 11.1 Å². The van der Waals surface area contributed by atoms with Crippen molar-refractivity contribution in [3.05, 3.63) is 34.3 Å². The van der Waals surface area contributed by atoms with Gasteiger partial charge in [-0.3, -0.25) is 9.48 Å². The van der Waals surface area contributed by atoms with Gasteiger partial charge in [-0.2, -0.15) is 10.4 Å². The minimum atomic E-state index is -0.140. The molecule has 0 saturated carbocycles. The quantitative estimate of drug-likeness (QED) is 0.872. The van der Waals surface area contributed by atoms with Crippen molar-refractivity contribution in [1.82, 2.24) is 14.8 Å². The second-order valence-electron chi connectivity index (χ2n) is 5.38. The molecule has 2 rings (SSSR count). The standard InChI is InChI=1S/C16H19N5OS/c1-9-6-10(2)18-16(13(9)7-17)23-8-14(22)19-15-11(3)20-21(5)12(15)4/h6H,8H2,1-5H3,(H,19,22). The third-order valence-electron chi connectivity index (χ3n) is 3.54. The average Bonchev–Trinajstić information content (AvgIpc) is 2.71. The second kappa shape index (κ2) is 6.84. The van der Waals surface area contributed by atoms with Crippen LogP contribution in [-0.2, 0) is 11.8 Å². The summed E-state index contributed by atoms with van der Waals surface area (Å²) in [6.45, 7) is 7.51. The highest BCUT2D eigenvalue weighted by molar-refractivity contribution is 8.00. The first-order chi connectivity index (χ1) is 10.8. The van der Waals surface area contributed by atoms with Crippen LogP contribution in [0.3, 0.4) is 0 Å². The maximum absolute atomic E-state index is 12.2. The number of nitrogens with one attached hydrogen (secondary N) is 1. The number of anilines is 1. The van der Waals surface area contributed by atoms with Gasteiger partial charge in [-0.15, -0.1) is 0 Å². The summed E-state index contributed by atoms with van der Waals surface area (Å²) in [4.78, 5) is 16.6. The van der Waals surface area contributed by atoms with Gasteiger partial charge >= 0.3 is 0 Å². The predicted octanol–water partition coefficient (Wildman–Crippen LogP) is 2.65. The molecular weight excluding hydrogens is 310 g/mol. The second-order valence-corrected chi connectivity index (χ2v) is 6.34. The normalized spacial score (nSPS) is 10.4. The molecule has 0 aliphatic carbocycles. The highest BCUT2D eigenvalue weighted by atomic mass is 32.2. The lowest BCUT2D eigenvalue weighted by Crippen LogP contribution is -2.15. The van der Waals surface area contributed by atoms with E-state index in [2.05, 4.69) is 21.5 Å². The molecule has 0 aromatic carbocycles. The minimum Gasteiger partial charge on any atom is -0.322 e. The number of nitriles is 1. The highest BCUT2D eigenvalue weighted by Gasteiger charge is 2.15. The zero-order valence-electron chi connectivity index (χ0n) is 13.9. The molecule has 0 spiro atoms. The summed E-state index contributed by atoms with van der Waals surface area (Å²) in [6, 6.07) is 4.02. The van der Waals surface area contributed by atoms with Crippen LogP contribution in [0.25, 0.3) is 0 Å². The molecule has 0 bridgehead atoms. The maximum Gasteiger partial charge on any atom is 0.234 e. The van der Waals surface area contributed by atoms with E-state index in [1.54, 1.807) is 4.68 Å². The first-order valence-electron chi connectivity index (χ1n) is 7.14. The van der Waals surface area contributed by atoms with Gasteiger partial charge in [0.15, 0.2) is 0 Å². The molecule has 0 radical (unpaired) electrons. The zero-order chi connectivity index (χ0) is 17.1. The van der Waals surface area contributed by atoms with E-state index in [0.29, 0.717) is 10.6 Å². The zero-order valence-corrected chi connectivity index (χ0v) is 14.7. The molecule has 0 unspecified atom stereocenters. The third-order valence-corrected chi connectivity index (χ3v) is 4.51. The monoisotopic (exact) mass is 329 g/mol. The summed E-state index contributed by atoms with van der Waals surface area (Å²) in [5.41, 5.74) is 4.67. The van der Waals surface area contributed by atoms with Crippen molar-refractivity contribution in [1.29, 1.82) is 5.26 Å². The SMILES string of the molecule is Cc1cc(C)c(C#N)c(SCC(=O)Nc2c(C)nn(C)c2C)n1. The van der Waals surface area contributed by atoms with Gasteiger partial charge in [-0.25, -0.2) is 4.98 Å². The smallest absolute Gasteiger partial charge is 0.234 e. The molecule has 120 valence electrons. The van der Waals surface area contributed by atoms with Gasteiger partial charge in [-0.1, -0.05) is 11.8 Å². The number of amides is 1. The average molecular weight is 329 g/mol. The van der Waals surface area contributed by atoms with E-state index in [4.69, 9.17) is 0 Å². The number of aromatic nitrogens is 3. The summed E-state index contributed by atoms with van der Waals surface area (Å²) in [7, 11) is 1.84. The number of hydrogen-bond donors (Lipinski definition) is 1. The highest BCUT2D eigenvalue weighted by Crippen LogP contribution is 2.24. The van der Waals surface area contributed by atoms with E-state index in [1.165, 1.54) is 11.8 Å². The fraction of sp³-hybridized carbons (Fsp3) is 0.375. The van der Waals surface area contributed by atoms with Crippen LogP contribution in [0.5, 0.6) is 0 Å². The van der Waals surface area contributed by atoms with Crippen molar-refractivity contribution in [3.8, 4) is 6.07 Å². The first-order valence-corrected chi connectivity index (χ1v) is 8.13. The van der Waals surface area contributed by atoms with E-state index in [1.807, 2.05) is 40.8 Å². The number of pyridine rings is 1. The number of carbonyl (C=O) groups excluding carboxylic acids is 1. The Morgan fingerprint density at radius 2 is 2.09 bits per heavy atom. The van der Waals surface area contributed by atoms with Crippen molar-refractivity contribution in [2.75, 3.05) is 11.1 Å². The van der Waals surface area contributed by atoms with Crippen molar-refractivity contribution < 1.29 is 4.79 Å². The third kappa shape index (κ3) is 3.71. The summed E-state index contributed by atoms with van der Waals surface area (Å²) in [6.07, 6.45) is 0. The van der Waals surface area contributed by atoms with Gasteiger partial charge < -0.3 is 5.32 Å². The van der Waals surface area contributed by atoms with Crippen LogP contribution >= 0.6 is 11.8 Å². The van der Waals surface area contributed by atoms with E-state index < -0.39 is 0 Å². The topological polar surface area (TPSA) is 83.6 Å². The first kappa shape index (κ1) is 17.0. The molecule has 0 saturated heterocycles. The van der Waals surface area contributed by atoms with Gasteiger partial charge in [0.1, 0.15) is 11.1 Å². The van der Waals surface area contributed by atoms with Gasteiger partial charge in [-0.05, 0) is 39.3 Å². The molecule has 0 aliphatic rings. The minimum absolute atomic E-state index is 0.140. The van der Waals surface area contributed by atoms with E-state index in [0.717, 1.165) is 28.3 Å². The molecule has 2 aromatic heterocycles. The summed E-state index contributed by atoms with van der Waals surface area (Å²) >= 11 is 1.27. The van der Waals surface area contributed by atoms with E-state index in [-0.39, 0.29) is 11.7 Å². The molecule has 0 atom stereocenters. The number of nitrogens with zero attached hydrogens (tertiary/aromatic N) is 4. The Labute approximate surface area is 139 Å². The van der Waals surface area contributed by atoms with Gasteiger partial charge in [0.2, 0.25) is 5.91 Å². The molecular formula is C16H19N5OS. The Morgan fingerprint density at radius 3 is 2.65 bits per heavy atom. The summed E-state index contributed by atoms with van der Waals surface area (Å²) in [5.74, 6) is 0.0530. The van der Waals surface area contributed by atoms with Crippen molar-refractivity contribution in [2.45, 2.75) is 32.7 Å². The number of carbonyl (C=O) groups is 1. The molecule has 2 heterocycles. The molecule has 2 aromatic rings. The van der Waals surface area contributed by atoms with Crippen molar-refractivity contribution in [3.63, 3.8) is 0 Å². The number of aryl methyl sites for hydroxylation is 4. The van der Waals surface area contributed by atoms with E-state index in [9.17, 15) is 10.1 Å².